The number of hydrogen-bond donors (Lipinski definition) is 2. The molecule has 0 saturated carbocycles. The van der Waals surface area contributed by atoms with Gasteiger partial charge < -0.3 is 20.1 Å². The van der Waals surface area contributed by atoms with E-state index in [0.717, 1.165) is 10.5 Å². The van der Waals surface area contributed by atoms with E-state index in [1.54, 1.807) is 0 Å². The van der Waals surface area contributed by atoms with E-state index in [2.05, 4.69) is 10.6 Å². The second kappa shape index (κ2) is 10.7. The quantitative estimate of drug-likeness (QED) is 0.550. The zero-order chi connectivity index (χ0) is 21.4. The summed E-state index contributed by atoms with van der Waals surface area (Å²) in [6, 6.07) is 4.62. The predicted octanol–water partition coefficient (Wildman–Crippen LogP) is 2.11. The van der Waals surface area contributed by atoms with Crippen LogP contribution in [0.5, 0.6) is 11.5 Å². The minimum Gasteiger partial charge on any atom is -0.490 e. The molecule has 1 fully saturated rings. The van der Waals surface area contributed by atoms with Crippen LogP contribution in [0.4, 0.5) is 4.79 Å². The third-order valence-electron chi connectivity index (χ3n) is 4.46. The fourth-order valence-corrected chi connectivity index (χ4v) is 3.15. The summed E-state index contributed by atoms with van der Waals surface area (Å²) in [7, 11) is 0. The Kier molecular flexibility index (Phi) is 8.30. The molecule has 2 rings (SSSR count). The highest BCUT2D eigenvalue weighted by atomic mass is 16.5. The molecule has 0 spiro atoms. The SMILES string of the molecule is CCOc1ccc(CCNC(=O)CN2C(=O)NC(CC(C)C)C2=O)cc1OCC. The third kappa shape index (κ3) is 6.37. The summed E-state index contributed by atoms with van der Waals surface area (Å²) in [5.74, 6) is 0.931. The molecule has 8 nitrogen and oxygen atoms in total. The maximum Gasteiger partial charge on any atom is 0.325 e. The molecule has 1 heterocycles. The van der Waals surface area contributed by atoms with Crippen molar-refractivity contribution in [3.63, 3.8) is 0 Å². The zero-order valence-corrected chi connectivity index (χ0v) is 17.6. The number of nitrogens with one attached hydrogen (secondary N) is 2. The Morgan fingerprint density at radius 1 is 1.17 bits per heavy atom. The molecule has 160 valence electrons. The number of carbonyl (C=O) groups excluding carboxylic acids is 3. The van der Waals surface area contributed by atoms with Gasteiger partial charge in [0, 0.05) is 6.54 Å². The fourth-order valence-electron chi connectivity index (χ4n) is 3.15. The van der Waals surface area contributed by atoms with Crippen molar-refractivity contribution in [1.82, 2.24) is 15.5 Å². The summed E-state index contributed by atoms with van der Waals surface area (Å²) >= 11 is 0. The van der Waals surface area contributed by atoms with Gasteiger partial charge in [0.15, 0.2) is 11.5 Å². The van der Waals surface area contributed by atoms with Crippen molar-refractivity contribution in [1.29, 1.82) is 0 Å². The van der Waals surface area contributed by atoms with Gasteiger partial charge in [-0.2, -0.15) is 0 Å². The van der Waals surface area contributed by atoms with E-state index in [1.807, 2.05) is 45.9 Å². The highest BCUT2D eigenvalue weighted by molar-refractivity contribution is 6.06. The van der Waals surface area contributed by atoms with Gasteiger partial charge >= 0.3 is 6.03 Å². The molecule has 0 radical (unpaired) electrons. The Morgan fingerprint density at radius 3 is 2.52 bits per heavy atom. The molecule has 0 aliphatic carbocycles. The van der Waals surface area contributed by atoms with Crippen LogP contribution in [0.3, 0.4) is 0 Å². The lowest BCUT2D eigenvalue weighted by Gasteiger charge is -2.14. The number of carbonyl (C=O) groups is 3. The molecule has 0 aromatic heterocycles. The number of imide groups is 1. The number of benzene rings is 1. The Hall–Kier alpha value is -2.77. The summed E-state index contributed by atoms with van der Waals surface area (Å²) in [6.07, 6.45) is 1.15. The molecule has 8 heteroatoms. The minimum absolute atomic E-state index is 0.271. The van der Waals surface area contributed by atoms with Crippen LogP contribution >= 0.6 is 0 Å². The maximum absolute atomic E-state index is 12.3. The number of urea groups is 1. The molecular formula is C21H31N3O5. The van der Waals surface area contributed by atoms with E-state index >= 15 is 0 Å². The fraction of sp³-hybridized carbons (Fsp3) is 0.571. The molecule has 4 amide bonds. The van der Waals surface area contributed by atoms with Gasteiger partial charge in [0.1, 0.15) is 12.6 Å². The summed E-state index contributed by atoms with van der Waals surface area (Å²) in [5, 5.41) is 5.40. The smallest absolute Gasteiger partial charge is 0.325 e. The van der Waals surface area contributed by atoms with E-state index in [9.17, 15) is 14.4 Å². The molecule has 2 N–H and O–H groups in total. The first-order valence-electron chi connectivity index (χ1n) is 10.1. The van der Waals surface area contributed by atoms with E-state index in [-0.39, 0.29) is 24.3 Å². The molecule has 1 atom stereocenters. The van der Waals surface area contributed by atoms with Crippen molar-refractivity contribution in [2.24, 2.45) is 5.92 Å². The zero-order valence-electron chi connectivity index (χ0n) is 17.6. The minimum atomic E-state index is -0.545. The van der Waals surface area contributed by atoms with Crippen LogP contribution in [0, 0.1) is 5.92 Å². The van der Waals surface area contributed by atoms with Crippen LogP contribution in [-0.2, 0) is 16.0 Å². The molecule has 1 aliphatic heterocycles. The maximum atomic E-state index is 12.3. The predicted molar refractivity (Wildman–Crippen MR) is 109 cm³/mol. The largest absolute Gasteiger partial charge is 0.490 e. The summed E-state index contributed by atoms with van der Waals surface area (Å²) in [6.45, 7) is 8.98. The third-order valence-corrected chi connectivity index (χ3v) is 4.46. The molecule has 1 aliphatic rings. The number of nitrogens with zero attached hydrogens (tertiary/aromatic N) is 1. The Morgan fingerprint density at radius 2 is 1.86 bits per heavy atom. The van der Waals surface area contributed by atoms with Crippen LogP contribution in [0.25, 0.3) is 0 Å². The van der Waals surface area contributed by atoms with Crippen molar-refractivity contribution >= 4 is 17.8 Å². The van der Waals surface area contributed by atoms with Crippen LogP contribution in [0.15, 0.2) is 18.2 Å². The van der Waals surface area contributed by atoms with Crippen molar-refractivity contribution in [2.45, 2.75) is 46.6 Å². The van der Waals surface area contributed by atoms with Gasteiger partial charge in [-0.05, 0) is 50.3 Å². The van der Waals surface area contributed by atoms with Crippen LogP contribution in [0.1, 0.15) is 39.7 Å². The highest BCUT2D eigenvalue weighted by Gasteiger charge is 2.38. The Bertz CT molecular complexity index is 735. The average molecular weight is 405 g/mol. The molecule has 29 heavy (non-hydrogen) atoms. The van der Waals surface area contributed by atoms with Gasteiger partial charge in [-0.3, -0.25) is 14.5 Å². The van der Waals surface area contributed by atoms with E-state index in [4.69, 9.17) is 9.47 Å². The van der Waals surface area contributed by atoms with Crippen LogP contribution in [0.2, 0.25) is 0 Å². The first kappa shape index (κ1) is 22.5. The highest BCUT2D eigenvalue weighted by Crippen LogP contribution is 2.28. The lowest BCUT2D eigenvalue weighted by molar-refractivity contribution is -0.132. The monoisotopic (exact) mass is 405 g/mol. The van der Waals surface area contributed by atoms with Crippen LogP contribution in [-0.4, -0.2) is 55.1 Å². The van der Waals surface area contributed by atoms with Crippen molar-refractivity contribution in [2.75, 3.05) is 26.3 Å². The lowest BCUT2D eigenvalue weighted by atomic mass is 10.0. The molecule has 1 saturated heterocycles. The first-order valence-corrected chi connectivity index (χ1v) is 10.1. The summed E-state index contributed by atoms with van der Waals surface area (Å²) < 4.78 is 11.2. The number of ether oxygens (including phenoxy) is 2. The molecule has 0 bridgehead atoms. The van der Waals surface area contributed by atoms with Gasteiger partial charge in [0.05, 0.1) is 13.2 Å². The van der Waals surface area contributed by atoms with Crippen molar-refractivity contribution in [3.8, 4) is 11.5 Å². The number of hydrogen-bond acceptors (Lipinski definition) is 5. The van der Waals surface area contributed by atoms with Gasteiger partial charge in [-0.15, -0.1) is 0 Å². The summed E-state index contributed by atoms with van der Waals surface area (Å²) in [4.78, 5) is 37.4. The average Bonchev–Trinajstić information content (AvgIpc) is 2.91. The van der Waals surface area contributed by atoms with Gasteiger partial charge in [0.25, 0.3) is 5.91 Å². The summed E-state index contributed by atoms with van der Waals surface area (Å²) in [5.41, 5.74) is 0.990. The second-order valence-corrected chi connectivity index (χ2v) is 7.30. The van der Waals surface area contributed by atoms with E-state index in [0.29, 0.717) is 44.1 Å². The van der Waals surface area contributed by atoms with E-state index < -0.39 is 12.1 Å². The Labute approximate surface area is 171 Å². The first-order chi connectivity index (χ1) is 13.8. The van der Waals surface area contributed by atoms with Gasteiger partial charge in [-0.1, -0.05) is 19.9 Å². The van der Waals surface area contributed by atoms with E-state index in [1.165, 1.54) is 0 Å². The Balaban J connectivity index is 1.84. The van der Waals surface area contributed by atoms with Gasteiger partial charge in [0.2, 0.25) is 5.91 Å². The molecular weight excluding hydrogens is 374 g/mol. The van der Waals surface area contributed by atoms with Crippen LogP contribution < -0.4 is 20.1 Å². The van der Waals surface area contributed by atoms with Crippen molar-refractivity contribution < 1.29 is 23.9 Å². The normalized spacial score (nSPS) is 16.2. The second-order valence-electron chi connectivity index (χ2n) is 7.30. The molecule has 1 aromatic rings. The lowest BCUT2D eigenvalue weighted by Crippen LogP contribution is -2.41. The number of amides is 4. The standard InChI is InChI=1S/C21H31N3O5/c1-5-28-17-8-7-15(12-18(17)29-6-2)9-10-22-19(25)13-24-20(26)16(11-14(3)4)23-21(24)27/h7-8,12,14,16H,5-6,9-11,13H2,1-4H3,(H,22,25)(H,23,27). The van der Waals surface area contributed by atoms with Crippen molar-refractivity contribution in [3.05, 3.63) is 23.8 Å². The molecule has 1 aromatic carbocycles. The topological polar surface area (TPSA) is 97.0 Å². The molecule has 1 unspecified atom stereocenters. The number of rotatable bonds is 11. The van der Waals surface area contributed by atoms with Gasteiger partial charge in [-0.25, -0.2) is 4.79 Å².